The fraction of sp³-hybridized carbons (Fsp3) is 0.556. The van der Waals surface area contributed by atoms with Gasteiger partial charge >= 0.3 is 6.18 Å². The van der Waals surface area contributed by atoms with Gasteiger partial charge in [0.15, 0.2) is 5.78 Å². The van der Waals surface area contributed by atoms with Crippen LogP contribution in [0.15, 0.2) is 24.3 Å². The molecule has 1 fully saturated rings. The Morgan fingerprint density at radius 3 is 2.12 bits per heavy atom. The second-order valence-corrected chi connectivity index (χ2v) is 6.71. The molecule has 0 amide bonds. The van der Waals surface area contributed by atoms with Crippen molar-refractivity contribution in [1.82, 2.24) is 0 Å². The van der Waals surface area contributed by atoms with Gasteiger partial charge < -0.3 is 0 Å². The number of hydrogen-bond donors (Lipinski definition) is 0. The SMILES string of the molecule is CC(=O)[C@H]1CC(C(=O)c2ccc(F)cc2)C(C)C[C@@H](C(F)(F)F)C1. The molecule has 4 atom stereocenters. The highest BCUT2D eigenvalue weighted by Gasteiger charge is 2.46. The maximum absolute atomic E-state index is 13.2. The van der Waals surface area contributed by atoms with Crippen LogP contribution < -0.4 is 0 Å². The lowest BCUT2D eigenvalue weighted by molar-refractivity contribution is -0.182. The molecule has 0 aromatic heterocycles. The molecule has 2 rings (SSSR count). The van der Waals surface area contributed by atoms with Gasteiger partial charge in [-0.15, -0.1) is 0 Å². The molecule has 1 saturated carbocycles. The first-order valence-electron chi connectivity index (χ1n) is 7.96. The number of Topliss-reactive ketones (excluding diaryl/α,β-unsaturated/α-hetero) is 2. The van der Waals surface area contributed by atoms with Gasteiger partial charge in [-0.1, -0.05) is 6.92 Å². The summed E-state index contributed by atoms with van der Waals surface area (Å²) in [5.74, 6) is -4.66. The average Bonchev–Trinajstić information content (AvgIpc) is 2.66. The van der Waals surface area contributed by atoms with Crippen LogP contribution in [0.1, 0.15) is 43.5 Å². The predicted molar refractivity (Wildman–Crippen MR) is 81.0 cm³/mol. The molecule has 0 radical (unpaired) electrons. The van der Waals surface area contributed by atoms with Gasteiger partial charge in [-0.25, -0.2) is 4.39 Å². The molecule has 0 spiro atoms. The summed E-state index contributed by atoms with van der Waals surface area (Å²) in [4.78, 5) is 24.4. The Balaban J connectivity index is 2.29. The van der Waals surface area contributed by atoms with Crippen LogP contribution in [0.2, 0.25) is 0 Å². The van der Waals surface area contributed by atoms with Crippen LogP contribution in [-0.2, 0) is 4.79 Å². The van der Waals surface area contributed by atoms with Gasteiger partial charge in [0, 0.05) is 17.4 Å². The zero-order chi connectivity index (χ0) is 18.1. The normalized spacial score (nSPS) is 28.2. The van der Waals surface area contributed by atoms with Crippen molar-refractivity contribution in [3.8, 4) is 0 Å². The van der Waals surface area contributed by atoms with E-state index < -0.39 is 35.7 Å². The summed E-state index contributed by atoms with van der Waals surface area (Å²) in [7, 11) is 0. The number of carbonyl (C=O) groups is 2. The van der Waals surface area contributed by atoms with Gasteiger partial charge in [-0.3, -0.25) is 9.59 Å². The standard InChI is InChI=1S/C18H20F4O2/c1-10-7-14(18(20,21)22)8-13(11(2)23)9-16(10)17(24)12-3-5-15(19)6-4-12/h3-6,10,13-14,16H,7-9H2,1-2H3/t10?,13-,14-,16?/m1/s1. The van der Waals surface area contributed by atoms with Crippen LogP contribution >= 0.6 is 0 Å². The molecule has 0 saturated heterocycles. The summed E-state index contributed by atoms with van der Waals surface area (Å²) >= 11 is 0. The first kappa shape index (κ1) is 18.6. The molecular formula is C18H20F4O2. The maximum Gasteiger partial charge on any atom is 0.391 e. The highest BCUT2D eigenvalue weighted by Crippen LogP contribution is 2.44. The Hall–Kier alpha value is -1.72. The third-order valence-corrected chi connectivity index (χ3v) is 4.95. The van der Waals surface area contributed by atoms with E-state index in [-0.39, 0.29) is 36.4 Å². The van der Waals surface area contributed by atoms with E-state index in [2.05, 4.69) is 0 Å². The zero-order valence-corrected chi connectivity index (χ0v) is 13.6. The van der Waals surface area contributed by atoms with E-state index in [4.69, 9.17) is 0 Å². The molecule has 24 heavy (non-hydrogen) atoms. The van der Waals surface area contributed by atoms with Crippen LogP contribution in [0.5, 0.6) is 0 Å². The molecule has 0 heterocycles. The number of hydrogen-bond acceptors (Lipinski definition) is 2. The van der Waals surface area contributed by atoms with Crippen molar-refractivity contribution in [2.45, 2.75) is 39.3 Å². The summed E-state index contributed by atoms with van der Waals surface area (Å²) in [5, 5.41) is 0. The van der Waals surface area contributed by atoms with Crippen LogP contribution in [0.25, 0.3) is 0 Å². The summed E-state index contributed by atoms with van der Waals surface area (Å²) in [6.07, 6.45) is -4.71. The summed E-state index contributed by atoms with van der Waals surface area (Å²) in [6, 6.07) is 4.96. The Morgan fingerprint density at radius 1 is 1.04 bits per heavy atom. The van der Waals surface area contributed by atoms with Crippen molar-refractivity contribution in [3.63, 3.8) is 0 Å². The highest BCUT2D eigenvalue weighted by atomic mass is 19.4. The van der Waals surface area contributed by atoms with Gasteiger partial charge in [-0.05, 0) is 56.4 Å². The lowest BCUT2D eigenvalue weighted by Gasteiger charge is -2.23. The van der Waals surface area contributed by atoms with Crippen molar-refractivity contribution in [1.29, 1.82) is 0 Å². The molecule has 2 nitrogen and oxygen atoms in total. The van der Waals surface area contributed by atoms with E-state index >= 15 is 0 Å². The Kier molecular flexibility index (Phi) is 5.45. The number of carbonyl (C=O) groups excluding carboxylic acids is 2. The van der Waals surface area contributed by atoms with Crippen molar-refractivity contribution in [3.05, 3.63) is 35.6 Å². The van der Waals surface area contributed by atoms with Crippen molar-refractivity contribution in [2.24, 2.45) is 23.7 Å². The number of rotatable bonds is 3. The summed E-state index contributed by atoms with van der Waals surface area (Å²) in [6.45, 7) is 2.89. The molecule has 2 unspecified atom stereocenters. The Bertz CT molecular complexity index is 606. The van der Waals surface area contributed by atoms with E-state index in [0.29, 0.717) is 0 Å². The van der Waals surface area contributed by atoms with Crippen molar-refractivity contribution >= 4 is 11.6 Å². The minimum atomic E-state index is -4.38. The van der Waals surface area contributed by atoms with Gasteiger partial charge in [0.25, 0.3) is 0 Å². The first-order valence-corrected chi connectivity index (χ1v) is 7.96. The Labute approximate surface area is 138 Å². The largest absolute Gasteiger partial charge is 0.391 e. The van der Waals surface area contributed by atoms with E-state index in [1.54, 1.807) is 6.92 Å². The van der Waals surface area contributed by atoms with Gasteiger partial charge in [0.2, 0.25) is 0 Å². The molecule has 0 aliphatic heterocycles. The fourth-order valence-electron chi connectivity index (χ4n) is 3.48. The van der Waals surface area contributed by atoms with Gasteiger partial charge in [0.1, 0.15) is 11.6 Å². The lowest BCUT2D eigenvalue weighted by atomic mass is 9.80. The highest BCUT2D eigenvalue weighted by molar-refractivity contribution is 5.98. The molecule has 1 aromatic rings. The van der Waals surface area contributed by atoms with E-state index in [9.17, 15) is 27.2 Å². The van der Waals surface area contributed by atoms with Gasteiger partial charge in [-0.2, -0.15) is 13.2 Å². The smallest absolute Gasteiger partial charge is 0.300 e. The fourth-order valence-corrected chi connectivity index (χ4v) is 3.48. The zero-order valence-electron chi connectivity index (χ0n) is 13.6. The molecular weight excluding hydrogens is 324 g/mol. The summed E-state index contributed by atoms with van der Waals surface area (Å²) < 4.78 is 52.6. The number of alkyl halides is 3. The predicted octanol–water partition coefficient (Wildman–Crippen LogP) is 4.83. The molecule has 6 heteroatoms. The molecule has 1 aliphatic carbocycles. The average molecular weight is 344 g/mol. The van der Waals surface area contributed by atoms with Crippen LogP contribution in [0.3, 0.4) is 0 Å². The molecule has 132 valence electrons. The van der Waals surface area contributed by atoms with E-state index in [0.717, 1.165) is 12.1 Å². The lowest BCUT2D eigenvalue weighted by Crippen LogP contribution is -2.27. The monoisotopic (exact) mass is 344 g/mol. The molecule has 1 aromatic carbocycles. The minimum Gasteiger partial charge on any atom is -0.300 e. The van der Waals surface area contributed by atoms with E-state index in [1.807, 2.05) is 0 Å². The third-order valence-electron chi connectivity index (χ3n) is 4.95. The van der Waals surface area contributed by atoms with E-state index in [1.165, 1.54) is 19.1 Å². The second-order valence-electron chi connectivity index (χ2n) is 6.71. The summed E-state index contributed by atoms with van der Waals surface area (Å²) in [5.41, 5.74) is 0.265. The van der Waals surface area contributed by atoms with Crippen molar-refractivity contribution < 1.29 is 27.2 Å². The number of ketones is 2. The number of halogens is 4. The number of benzene rings is 1. The van der Waals surface area contributed by atoms with Crippen molar-refractivity contribution in [2.75, 3.05) is 0 Å². The molecule has 0 N–H and O–H groups in total. The topological polar surface area (TPSA) is 34.1 Å². The first-order chi connectivity index (χ1) is 11.1. The van der Waals surface area contributed by atoms with Crippen LogP contribution in [0.4, 0.5) is 17.6 Å². The molecule has 0 bridgehead atoms. The van der Waals surface area contributed by atoms with Crippen LogP contribution in [0, 0.1) is 29.5 Å². The minimum absolute atomic E-state index is 0.110. The van der Waals surface area contributed by atoms with Crippen LogP contribution in [-0.4, -0.2) is 17.7 Å². The molecule has 1 aliphatic rings. The quantitative estimate of drug-likeness (QED) is 0.447. The Morgan fingerprint density at radius 2 is 1.62 bits per heavy atom. The second kappa shape index (κ2) is 7.03. The maximum atomic E-state index is 13.2. The van der Waals surface area contributed by atoms with Gasteiger partial charge in [0.05, 0.1) is 5.92 Å². The third kappa shape index (κ3) is 4.22.